The summed E-state index contributed by atoms with van der Waals surface area (Å²) in [5.74, 6) is 0.932. The summed E-state index contributed by atoms with van der Waals surface area (Å²) >= 11 is 6.75. The molecule has 0 atom stereocenters. The number of ketones is 1. The zero-order valence-electron chi connectivity index (χ0n) is 12.6. The third-order valence-corrected chi connectivity index (χ3v) is 4.69. The highest BCUT2D eigenvalue weighted by Gasteiger charge is 2.32. The number of aromatic nitrogens is 1. The van der Waals surface area contributed by atoms with Gasteiger partial charge in [-0.25, -0.2) is 0 Å². The number of benzene rings is 1. The van der Waals surface area contributed by atoms with Gasteiger partial charge in [0.1, 0.15) is 4.47 Å². The first-order valence-electron chi connectivity index (χ1n) is 6.69. The Kier molecular flexibility index (Phi) is 4.51. The van der Waals surface area contributed by atoms with Crippen LogP contribution in [-0.2, 0) is 0 Å². The molecule has 0 saturated heterocycles. The van der Waals surface area contributed by atoms with E-state index in [0.717, 1.165) is 0 Å². The molecule has 3 rings (SSSR count). The highest BCUT2D eigenvalue weighted by Crippen LogP contribution is 2.47. The summed E-state index contributed by atoms with van der Waals surface area (Å²) in [6.07, 6.45) is 2.73. The van der Waals surface area contributed by atoms with Crippen molar-refractivity contribution < 1.29 is 24.1 Å². The van der Waals surface area contributed by atoms with Crippen LogP contribution in [0.25, 0.3) is 6.08 Å². The van der Waals surface area contributed by atoms with Crippen LogP contribution in [0.15, 0.2) is 33.0 Å². The molecule has 0 bridgehead atoms. The monoisotopic (exact) mass is 455 g/mol. The lowest BCUT2D eigenvalue weighted by molar-refractivity contribution is 0.101. The van der Waals surface area contributed by atoms with E-state index in [1.54, 1.807) is 6.07 Å². The number of methoxy groups -OCH3 is 2. The van der Waals surface area contributed by atoms with Crippen LogP contribution in [0.3, 0.4) is 0 Å². The Bertz CT molecular complexity index is 879. The number of rotatable bonds is 3. The van der Waals surface area contributed by atoms with E-state index < -0.39 is 0 Å². The van der Waals surface area contributed by atoms with Gasteiger partial charge in [0.15, 0.2) is 28.8 Å². The van der Waals surface area contributed by atoms with Gasteiger partial charge in [0, 0.05) is 12.1 Å². The molecule has 0 amide bonds. The van der Waals surface area contributed by atoms with Gasteiger partial charge in [0.05, 0.1) is 36.1 Å². The molecule has 0 radical (unpaired) electrons. The predicted octanol–water partition coefficient (Wildman–Crippen LogP) is 3.95. The molecule has 1 N–H and O–H groups in total. The van der Waals surface area contributed by atoms with Crippen molar-refractivity contribution in [1.29, 1.82) is 0 Å². The number of hydrogen-bond acceptors (Lipinski definition) is 6. The van der Waals surface area contributed by atoms with Gasteiger partial charge in [-0.3, -0.25) is 9.78 Å². The van der Waals surface area contributed by atoms with E-state index in [-0.39, 0.29) is 23.0 Å². The molecule has 1 aromatic carbocycles. The summed E-state index contributed by atoms with van der Waals surface area (Å²) in [6.45, 7) is 0. The van der Waals surface area contributed by atoms with Crippen molar-refractivity contribution in [3.63, 3.8) is 0 Å². The van der Waals surface area contributed by atoms with Crippen molar-refractivity contribution in [2.24, 2.45) is 0 Å². The van der Waals surface area contributed by atoms with Crippen LogP contribution in [-0.4, -0.2) is 30.1 Å². The molecule has 0 saturated carbocycles. The number of pyridine rings is 1. The number of carbonyl (C=O) groups excluding carboxylic acids is 1. The standard InChI is InChI=1S/C16H11Br2NO5/c1-22-11-3-7(19-6-10(11)20)4-12-14(21)8-5-9(17)16(23-2)13(18)15(8)24-12/h3-6,20H,1-2H3/b12-4-. The van der Waals surface area contributed by atoms with Crippen molar-refractivity contribution in [2.75, 3.05) is 14.2 Å². The highest BCUT2D eigenvalue weighted by molar-refractivity contribution is 9.11. The molecule has 1 aromatic heterocycles. The molecule has 2 heterocycles. The van der Waals surface area contributed by atoms with Gasteiger partial charge >= 0.3 is 0 Å². The number of fused-ring (bicyclic) bond motifs is 1. The summed E-state index contributed by atoms with van der Waals surface area (Å²) in [7, 11) is 2.96. The lowest BCUT2D eigenvalue weighted by Crippen LogP contribution is -1.99. The maximum Gasteiger partial charge on any atom is 0.232 e. The minimum atomic E-state index is -0.275. The zero-order valence-corrected chi connectivity index (χ0v) is 15.8. The SMILES string of the molecule is COc1cc(/C=C2\Oc3c(cc(Br)c(OC)c3Br)C2=O)ncc1O. The maximum atomic E-state index is 12.5. The predicted molar refractivity (Wildman–Crippen MR) is 93.8 cm³/mol. The number of hydrogen-bond donors (Lipinski definition) is 1. The van der Waals surface area contributed by atoms with Crippen LogP contribution < -0.4 is 14.2 Å². The van der Waals surface area contributed by atoms with Gasteiger partial charge in [-0.05, 0) is 37.9 Å². The second-order valence-electron chi connectivity index (χ2n) is 4.80. The van der Waals surface area contributed by atoms with Crippen molar-refractivity contribution in [3.8, 4) is 23.0 Å². The molecule has 0 aliphatic carbocycles. The molecular weight excluding hydrogens is 446 g/mol. The fourth-order valence-electron chi connectivity index (χ4n) is 2.25. The molecule has 124 valence electrons. The summed E-state index contributed by atoms with van der Waals surface area (Å²) < 4.78 is 17.2. The van der Waals surface area contributed by atoms with Crippen molar-refractivity contribution >= 4 is 43.7 Å². The molecular formula is C16H11Br2NO5. The van der Waals surface area contributed by atoms with Gasteiger partial charge in [-0.15, -0.1) is 0 Å². The first-order valence-corrected chi connectivity index (χ1v) is 8.28. The number of aromatic hydroxyl groups is 1. The van der Waals surface area contributed by atoms with Crippen LogP contribution in [0.4, 0.5) is 0 Å². The van der Waals surface area contributed by atoms with Crippen LogP contribution in [0.5, 0.6) is 23.0 Å². The molecule has 0 spiro atoms. The number of allylic oxidation sites excluding steroid dienone is 1. The van der Waals surface area contributed by atoms with E-state index >= 15 is 0 Å². The molecule has 8 heteroatoms. The minimum Gasteiger partial charge on any atom is -0.503 e. The third-order valence-electron chi connectivity index (χ3n) is 3.38. The maximum absolute atomic E-state index is 12.5. The average molecular weight is 457 g/mol. The van der Waals surface area contributed by atoms with Crippen LogP contribution in [0.2, 0.25) is 0 Å². The summed E-state index contributed by atoms with van der Waals surface area (Å²) in [4.78, 5) is 16.6. The highest BCUT2D eigenvalue weighted by atomic mass is 79.9. The normalized spacial score (nSPS) is 14.5. The Morgan fingerprint density at radius 3 is 2.67 bits per heavy atom. The minimum absolute atomic E-state index is 0.0852. The quantitative estimate of drug-likeness (QED) is 0.704. The van der Waals surface area contributed by atoms with Crippen LogP contribution in [0, 0.1) is 0 Å². The Balaban J connectivity index is 2.03. The summed E-state index contributed by atoms with van der Waals surface area (Å²) in [5, 5.41) is 9.58. The van der Waals surface area contributed by atoms with E-state index in [9.17, 15) is 9.90 Å². The fourth-order valence-corrected chi connectivity index (χ4v) is 3.77. The largest absolute Gasteiger partial charge is 0.503 e. The van der Waals surface area contributed by atoms with E-state index in [2.05, 4.69) is 36.8 Å². The zero-order chi connectivity index (χ0) is 17.4. The van der Waals surface area contributed by atoms with E-state index in [1.807, 2.05) is 0 Å². The first kappa shape index (κ1) is 16.8. The summed E-state index contributed by atoms with van der Waals surface area (Å²) in [6, 6.07) is 3.15. The lowest BCUT2D eigenvalue weighted by Gasteiger charge is -2.08. The Hall–Kier alpha value is -2.06. The van der Waals surface area contributed by atoms with Gasteiger partial charge in [0.2, 0.25) is 5.78 Å². The Labute approximate surface area is 154 Å². The van der Waals surface area contributed by atoms with E-state index in [1.165, 1.54) is 32.6 Å². The van der Waals surface area contributed by atoms with Gasteiger partial charge < -0.3 is 19.3 Å². The topological polar surface area (TPSA) is 77.9 Å². The molecule has 2 aromatic rings. The van der Waals surface area contributed by atoms with Crippen molar-refractivity contribution in [2.45, 2.75) is 0 Å². The Morgan fingerprint density at radius 1 is 1.25 bits per heavy atom. The van der Waals surface area contributed by atoms with Crippen LogP contribution >= 0.6 is 31.9 Å². The second-order valence-corrected chi connectivity index (χ2v) is 6.45. The van der Waals surface area contributed by atoms with E-state index in [4.69, 9.17) is 14.2 Å². The smallest absolute Gasteiger partial charge is 0.232 e. The van der Waals surface area contributed by atoms with Gasteiger partial charge in [0.25, 0.3) is 0 Å². The van der Waals surface area contributed by atoms with Crippen molar-refractivity contribution in [1.82, 2.24) is 4.98 Å². The number of nitrogens with zero attached hydrogens (tertiary/aromatic N) is 1. The number of halogens is 2. The number of Topliss-reactive ketones (excluding diaryl/α,β-unsaturated/α-hetero) is 1. The average Bonchev–Trinajstić information content (AvgIpc) is 2.86. The number of ether oxygens (including phenoxy) is 3. The number of carbonyl (C=O) groups is 1. The molecule has 0 fully saturated rings. The molecule has 1 aliphatic heterocycles. The fraction of sp³-hybridized carbons (Fsp3) is 0.125. The Morgan fingerprint density at radius 2 is 2.00 bits per heavy atom. The summed E-state index contributed by atoms with van der Waals surface area (Å²) in [5.41, 5.74) is 0.828. The van der Waals surface area contributed by atoms with E-state index in [0.29, 0.717) is 31.7 Å². The lowest BCUT2D eigenvalue weighted by atomic mass is 10.1. The molecule has 1 aliphatic rings. The molecule has 0 unspecified atom stereocenters. The van der Waals surface area contributed by atoms with Crippen molar-refractivity contribution in [3.05, 3.63) is 44.3 Å². The van der Waals surface area contributed by atoms with Gasteiger partial charge in [-0.1, -0.05) is 0 Å². The first-order chi connectivity index (χ1) is 11.5. The van der Waals surface area contributed by atoms with Crippen LogP contribution in [0.1, 0.15) is 16.1 Å². The second kappa shape index (κ2) is 6.45. The van der Waals surface area contributed by atoms with Gasteiger partial charge in [-0.2, -0.15) is 0 Å². The molecule has 24 heavy (non-hydrogen) atoms. The third kappa shape index (κ3) is 2.76. The molecule has 6 nitrogen and oxygen atoms in total.